The number of rotatable bonds is 3. The third-order valence-electron chi connectivity index (χ3n) is 3.54. The van der Waals surface area contributed by atoms with Crippen molar-refractivity contribution in [1.29, 1.82) is 0 Å². The minimum Gasteiger partial charge on any atom is -0.423 e. The maximum Gasteiger partial charge on any atom is 0.488 e. The first kappa shape index (κ1) is 13.5. The van der Waals surface area contributed by atoms with Crippen LogP contribution in [0.4, 0.5) is 4.39 Å². The standard InChI is InChI=1S/C13H19BFNO2/c1-13(2)5-6-16(9-13)8-10-3-4-11(15)7-12(10)14(17)18/h3-4,7,17-18H,5-6,8-9H2,1-2H3. The monoisotopic (exact) mass is 251 g/mol. The van der Waals surface area contributed by atoms with Crippen LogP contribution in [-0.4, -0.2) is 35.2 Å². The molecule has 0 bridgehead atoms. The SMILES string of the molecule is CC1(C)CCN(Cc2ccc(F)cc2B(O)O)C1. The molecule has 18 heavy (non-hydrogen) atoms. The lowest BCUT2D eigenvalue weighted by Gasteiger charge is -2.21. The Morgan fingerprint density at radius 3 is 2.67 bits per heavy atom. The second-order valence-corrected chi connectivity index (χ2v) is 5.84. The van der Waals surface area contributed by atoms with Crippen LogP contribution in [0.25, 0.3) is 0 Å². The highest BCUT2D eigenvalue weighted by Crippen LogP contribution is 2.29. The van der Waals surface area contributed by atoms with Crippen molar-refractivity contribution in [3.63, 3.8) is 0 Å². The Labute approximate surface area is 107 Å². The maximum atomic E-state index is 13.1. The molecule has 0 unspecified atom stereocenters. The predicted molar refractivity (Wildman–Crippen MR) is 69.9 cm³/mol. The molecule has 1 aromatic rings. The number of hydrogen-bond acceptors (Lipinski definition) is 3. The number of nitrogens with zero attached hydrogens (tertiary/aromatic N) is 1. The minimum absolute atomic E-state index is 0.264. The van der Waals surface area contributed by atoms with E-state index in [1.807, 2.05) is 0 Å². The normalized spacial score (nSPS) is 19.2. The van der Waals surface area contributed by atoms with Crippen LogP contribution in [0.3, 0.4) is 0 Å². The smallest absolute Gasteiger partial charge is 0.423 e. The van der Waals surface area contributed by atoms with Gasteiger partial charge >= 0.3 is 7.12 Å². The topological polar surface area (TPSA) is 43.7 Å². The summed E-state index contributed by atoms with van der Waals surface area (Å²) in [5.41, 5.74) is 1.35. The van der Waals surface area contributed by atoms with E-state index in [9.17, 15) is 14.4 Å². The molecule has 1 fully saturated rings. The van der Waals surface area contributed by atoms with Gasteiger partial charge in [-0.25, -0.2) is 4.39 Å². The van der Waals surface area contributed by atoms with Crippen molar-refractivity contribution >= 4 is 12.6 Å². The summed E-state index contributed by atoms with van der Waals surface area (Å²) in [5, 5.41) is 18.6. The summed E-state index contributed by atoms with van der Waals surface area (Å²) in [6, 6.07) is 4.19. The van der Waals surface area contributed by atoms with Gasteiger partial charge in [0.2, 0.25) is 0 Å². The molecular weight excluding hydrogens is 232 g/mol. The first-order chi connectivity index (χ1) is 8.37. The minimum atomic E-state index is -1.62. The molecular formula is C13H19BFNO2. The molecule has 1 heterocycles. The molecule has 0 aromatic heterocycles. The molecule has 2 rings (SSSR count). The molecule has 1 aliphatic rings. The molecule has 1 saturated heterocycles. The second kappa shape index (κ2) is 5.00. The van der Waals surface area contributed by atoms with E-state index in [4.69, 9.17) is 0 Å². The van der Waals surface area contributed by atoms with Crippen molar-refractivity contribution < 1.29 is 14.4 Å². The van der Waals surface area contributed by atoms with Gasteiger partial charge in [-0.15, -0.1) is 0 Å². The van der Waals surface area contributed by atoms with Gasteiger partial charge < -0.3 is 10.0 Å². The molecule has 3 nitrogen and oxygen atoms in total. The fourth-order valence-electron chi connectivity index (χ4n) is 2.55. The van der Waals surface area contributed by atoms with Crippen molar-refractivity contribution in [2.45, 2.75) is 26.8 Å². The van der Waals surface area contributed by atoms with Gasteiger partial charge in [0.1, 0.15) is 5.82 Å². The van der Waals surface area contributed by atoms with E-state index < -0.39 is 12.9 Å². The zero-order chi connectivity index (χ0) is 13.3. The van der Waals surface area contributed by atoms with Crippen molar-refractivity contribution in [2.24, 2.45) is 5.41 Å². The summed E-state index contributed by atoms with van der Waals surface area (Å²) in [5.74, 6) is -0.441. The lowest BCUT2D eigenvalue weighted by atomic mass is 9.77. The largest absolute Gasteiger partial charge is 0.488 e. The molecule has 0 atom stereocenters. The van der Waals surface area contributed by atoms with E-state index in [2.05, 4.69) is 18.7 Å². The highest BCUT2D eigenvalue weighted by molar-refractivity contribution is 6.59. The van der Waals surface area contributed by atoms with E-state index in [1.54, 1.807) is 6.07 Å². The fraction of sp³-hybridized carbons (Fsp3) is 0.538. The molecule has 98 valence electrons. The third kappa shape index (κ3) is 3.10. The highest BCUT2D eigenvalue weighted by atomic mass is 19.1. The molecule has 0 saturated carbocycles. The summed E-state index contributed by atoms with van der Waals surface area (Å²) < 4.78 is 13.1. The van der Waals surface area contributed by atoms with Crippen LogP contribution in [0, 0.1) is 11.2 Å². The van der Waals surface area contributed by atoms with Crippen LogP contribution in [-0.2, 0) is 6.54 Å². The Bertz CT molecular complexity index is 437. The van der Waals surface area contributed by atoms with Crippen LogP contribution in [0.2, 0.25) is 0 Å². The third-order valence-corrected chi connectivity index (χ3v) is 3.54. The summed E-state index contributed by atoms with van der Waals surface area (Å²) in [4.78, 5) is 2.26. The zero-order valence-electron chi connectivity index (χ0n) is 10.9. The van der Waals surface area contributed by atoms with E-state index in [1.165, 1.54) is 12.1 Å². The van der Waals surface area contributed by atoms with Crippen molar-refractivity contribution in [2.75, 3.05) is 13.1 Å². The Hall–Kier alpha value is -0.905. The number of benzene rings is 1. The van der Waals surface area contributed by atoms with Gasteiger partial charge in [-0.3, -0.25) is 4.90 Å². The van der Waals surface area contributed by atoms with Crippen molar-refractivity contribution in [1.82, 2.24) is 4.90 Å². The molecule has 1 aliphatic heterocycles. The summed E-state index contributed by atoms with van der Waals surface area (Å²) >= 11 is 0. The highest BCUT2D eigenvalue weighted by Gasteiger charge is 2.29. The van der Waals surface area contributed by atoms with Gasteiger partial charge in [-0.2, -0.15) is 0 Å². The fourth-order valence-corrected chi connectivity index (χ4v) is 2.55. The van der Waals surface area contributed by atoms with Crippen molar-refractivity contribution in [3.05, 3.63) is 29.6 Å². The summed E-state index contributed by atoms with van der Waals surface area (Å²) in [6.07, 6.45) is 1.13. The van der Waals surface area contributed by atoms with Gasteiger partial charge in [0.05, 0.1) is 0 Å². The Balaban J connectivity index is 2.14. The predicted octanol–water partition coefficient (Wildman–Crippen LogP) is 0.737. The first-order valence-electron chi connectivity index (χ1n) is 6.24. The first-order valence-corrected chi connectivity index (χ1v) is 6.24. The van der Waals surface area contributed by atoms with Gasteiger partial charge in [0, 0.05) is 13.1 Å². The average molecular weight is 251 g/mol. The molecule has 0 radical (unpaired) electrons. The molecule has 0 spiro atoms. The molecule has 1 aromatic carbocycles. The lowest BCUT2D eigenvalue weighted by molar-refractivity contribution is 0.284. The number of halogens is 1. The van der Waals surface area contributed by atoms with Crippen LogP contribution < -0.4 is 5.46 Å². The van der Waals surface area contributed by atoms with Crippen LogP contribution in [0.5, 0.6) is 0 Å². The Kier molecular flexibility index (Phi) is 3.75. The lowest BCUT2D eigenvalue weighted by Crippen LogP contribution is -2.36. The van der Waals surface area contributed by atoms with Gasteiger partial charge in [0.15, 0.2) is 0 Å². The quantitative estimate of drug-likeness (QED) is 0.778. The molecule has 0 amide bonds. The molecule has 2 N–H and O–H groups in total. The maximum absolute atomic E-state index is 13.1. The van der Waals surface area contributed by atoms with Crippen molar-refractivity contribution in [3.8, 4) is 0 Å². The van der Waals surface area contributed by atoms with Gasteiger partial charge in [-0.1, -0.05) is 19.9 Å². The number of likely N-dealkylation sites (tertiary alicyclic amines) is 1. The van der Waals surface area contributed by atoms with Gasteiger partial charge in [0.25, 0.3) is 0 Å². The summed E-state index contributed by atoms with van der Waals surface area (Å²) in [7, 11) is -1.62. The van der Waals surface area contributed by atoms with Crippen LogP contribution >= 0.6 is 0 Å². The van der Waals surface area contributed by atoms with Gasteiger partial charge in [-0.05, 0) is 41.5 Å². The molecule has 0 aliphatic carbocycles. The van der Waals surface area contributed by atoms with E-state index >= 15 is 0 Å². The average Bonchev–Trinajstić information content (AvgIpc) is 2.60. The van der Waals surface area contributed by atoms with E-state index in [0.29, 0.717) is 12.0 Å². The molecule has 5 heteroatoms. The zero-order valence-corrected chi connectivity index (χ0v) is 10.9. The van der Waals surface area contributed by atoms with E-state index in [0.717, 1.165) is 25.1 Å². The summed E-state index contributed by atoms with van der Waals surface area (Å²) in [6.45, 7) is 7.05. The van der Waals surface area contributed by atoms with E-state index in [-0.39, 0.29) is 5.46 Å². The second-order valence-electron chi connectivity index (χ2n) is 5.84. The Morgan fingerprint density at radius 2 is 2.11 bits per heavy atom. The van der Waals surface area contributed by atoms with Crippen LogP contribution in [0.15, 0.2) is 18.2 Å². The Morgan fingerprint density at radius 1 is 1.39 bits per heavy atom. The number of hydrogen-bond donors (Lipinski definition) is 2. The van der Waals surface area contributed by atoms with Crippen LogP contribution in [0.1, 0.15) is 25.8 Å².